The summed E-state index contributed by atoms with van der Waals surface area (Å²) in [6.07, 6.45) is 5.34. The van der Waals surface area contributed by atoms with Gasteiger partial charge in [0.1, 0.15) is 4.83 Å². The molecule has 3 aromatic rings. The number of allylic oxidation sites excluding steroid dienone is 1. The molecule has 2 N–H and O–H groups in total. The van der Waals surface area contributed by atoms with Crippen LogP contribution in [0.3, 0.4) is 0 Å². The molecule has 43 heavy (non-hydrogen) atoms. The number of thiazole rings is 1. The Hall–Kier alpha value is -3.64. The smallest absolute Gasteiger partial charge is 0.285 e. The summed E-state index contributed by atoms with van der Waals surface area (Å²) in [6.45, 7) is 5.69. The Balaban J connectivity index is 1.71. The van der Waals surface area contributed by atoms with Crippen LogP contribution < -0.4 is 10.7 Å². The monoisotopic (exact) mass is 684 g/mol. The second kappa shape index (κ2) is 14.7. The highest BCUT2D eigenvalue weighted by molar-refractivity contribution is 9.10. The number of sulfone groups is 1. The van der Waals surface area contributed by atoms with E-state index in [-0.39, 0.29) is 23.3 Å². The molecule has 0 spiro atoms. The minimum atomic E-state index is -4.18. The number of rotatable bonds is 6. The van der Waals surface area contributed by atoms with Crippen LogP contribution in [-0.2, 0) is 14.6 Å². The molecule has 226 valence electrons. The maximum Gasteiger partial charge on any atom is 0.285 e. The van der Waals surface area contributed by atoms with E-state index < -0.39 is 20.6 Å². The predicted octanol–water partition coefficient (Wildman–Crippen LogP) is 4.55. The fourth-order valence-electron chi connectivity index (χ4n) is 4.39. The van der Waals surface area contributed by atoms with Crippen molar-refractivity contribution < 1.29 is 13.2 Å². The Labute approximate surface area is 264 Å². The number of nitriles is 1. The van der Waals surface area contributed by atoms with Crippen LogP contribution in [0, 0.1) is 17.2 Å². The molecule has 0 aliphatic carbocycles. The first kappa shape index (κ1) is 32.3. The number of hydrazine groups is 1. The highest BCUT2D eigenvalue weighted by atomic mass is 79.9. The molecule has 1 amide bonds. The standard InChI is InChI=1S/C29H33BrN8O3S2/c1-4-21-15-33-23(11-12-31)16-35-37(3)29(39)27(43(40,41)24-7-5-22(30)6-8-24)17-32-13-14-38(18-21)20(2)25-9-10-26-28(36-25)42-19-34-26/h5-10,15-17,19-21,32,35H,4,11,13-14,18H2,1-3H3/b23-16-,27-17-,33-15?. The van der Waals surface area contributed by atoms with Crippen molar-refractivity contribution in [2.75, 3.05) is 26.7 Å². The number of carbonyl (C=O) groups excluding carboxylic acids is 1. The summed E-state index contributed by atoms with van der Waals surface area (Å²) in [5.41, 5.74) is 6.71. The Morgan fingerprint density at radius 2 is 1.98 bits per heavy atom. The van der Waals surface area contributed by atoms with Gasteiger partial charge in [-0.3, -0.25) is 19.7 Å². The summed E-state index contributed by atoms with van der Waals surface area (Å²) in [5, 5.41) is 13.5. The molecule has 2 unspecified atom stereocenters. The summed E-state index contributed by atoms with van der Waals surface area (Å²) >= 11 is 4.81. The molecule has 11 nitrogen and oxygen atoms in total. The average Bonchev–Trinajstić information content (AvgIpc) is 3.47. The molecule has 1 aromatic carbocycles. The number of amides is 1. The van der Waals surface area contributed by atoms with Gasteiger partial charge in [0.25, 0.3) is 5.91 Å². The van der Waals surface area contributed by atoms with Crippen LogP contribution in [0.2, 0.25) is 0 Å². The van der Waals surface area contributed by atoms with Crippen molar-refractivity contribution in [1.82, 2.24) is 30.6 Å². The molecular weight excluding hydrogens is 652 g/mol. The Morgan fingerprint density at radius 3 is 2.70 bits per heavy atom. The molecule has 4 rings (SSSR count). The zero-order chi connectivity index (χ0) is 31.0. The van der Waals surface area contributed by atoms with Gasteiger partial charge in [-0.15, -0.1) is 11.3 Å². The van der Waals surface area contributed by atoms with Crippen LogP contribution in [0.25, 0.3) is 10.3 Å². The number of hydrogen-bond donors (Lipinski definition) is 2. The Kier molecular flexibility index (Phi) is 11.0. The number of carbonyl (C=O) groups is 1. The summed E-state index contributed by atoms with van der Waals surface area (Å²) < 4.78 is 28.0. The SMILES string of the molecule is CCC1C=N/C(CC#N)=C\NN(C)C(=O)/C(S(=O)(=O)c2ccc(Br)cc2)=C/NCCN(C(C)c2ccc3ncsc3n2)C1. The van der Waals surface area contributed by atoms with Gasteiger partial charge < -0.3 is 10.7 Å². The fourth-order valence-corrected chi connectivity index (χ4v) is 6.67. The lowest BCUT2D eigenvalue weighted by molar-refractivity contribution is -0.127. The van der Waals surface area contributed by atoms with E-state index in [1.807, 2.05) is 18.3 Å². The van der Waals surface area contributed by atoms with Crippen molar-refractivity contribution in [2.24, 2.45) is 10.9 Å². The number of likely N-dealkylation sites (N-methyl/N-ethyl adjacent to an activating group) is 1. The second-order valence-corrected chi connectivity index (χ2v) is 13.6. The maximum absolute atomic E-state index is 13.6. The second-order valence-electron chi connectivity index (χ2n) is 9.91. The number of aliphatic imine (C=N–C) groups is 1. The summed E-state index contributed by atoms with van der Waals surface area (Å²) in [6, 6.07) is 12.0. The molecule has 0 fully saturated rings. The van der Waals surface area contributed by atoms with Crippen LogP contribution in [0.5, 0.6) is 0 Å². The number of halogens is 1. The van der Waals surface area contributed by atoms with Crippen molar-refractivity contribution in [2.45, 2.75) is 37.6 Å². The third-order valence-corrected chi connectivity index (χ3v) is 10.1. The zero-order valence-electron chi connectivity index (χ0n) is 24.1. The first-order valence-electron chi connectivity index (χ1n) is 13.7. The number of nitrogens with zero attached hydrogens (tertiary/aromatic N) is 6. The van der Waals surface area contributed by atoms with Crippen molar-refractivity contribution in [3.8, 4) is 6.07 Å². The predicted molar refractivity (Wildman–Crippen MR) is 171 cm³/mol. The van der Waals surface area contributed by atoms with E-state index in [1.165, 1.54) is 42.9 Å². The summed E-state index contributed by atoms with van der Waals surface area (Å²) in [4.78, 5) is 29.9. The van der Waals surface area contributed by atoms with Crippen LogP contribution in [-0.4, -0.2) is 67.1 Å². The highest BCUT2D eigenvalue weighted by Gasteiger charge is 2.30. The number of pyridine rings is 1. The van der Waals surface area contributed by atoms with Gasteiger partial charge in [-0.25, -0.2) is 18.4 Å². The first-order chi connectivity index (χ1) is 20.6. The number of fused-ring (bicyclic) bond motifs is 1. The lowest BCUT2D eigenvalue weighted by Gasteiger charge is -2.31. The number of hydrogen-bond acceptors (Lipinski definition) is 11. The van der Waals surface area contributed by atoms with Crippen molar-refractivity contribution in [3.05, 3.63) is 75.1 Å². The molecule has 1 aliphatic heterocycles. The molecule has 1 aliphatic rings. The van der Waals surface area contributed by atoms with E-state index in [9.17, 15) is 18.5 Å². The topological polar surface area (TPSA) is 144 Å². The number of benzene rings is 1. The minimum absolute atomic E-state index is 0.00229. The molecular formula is C29H33BrN8O3S2. The van der Waals surface area contributed by atoms with Gasteiger partial charge in [0.05, 0.1) is 39.8 Å². The summed E-state index contributed by atoms with van der Waals surface area (Å²) in [7, 11) is -2.76. The largest absolute Gasteiger partial charge is 0.388 e. The zero-order valence-corrected chi connectivity index (χ0v) is 27.3. The van der Waals surface area contributed by atoms with Crippen LogP contribution >= 0.6 is 27.3 Å². The molecule has 0 bridgehead atoms. The Morgan fingerprint density at radius 1 is 1.21 bits per heavy atom. The first-order valence-corrected chi connectivity index (χ1v) is 16.8. The van der Waals surface area contributed by atoms with Crippen LogP contribution in [0.4, 0.5) is 0 Å². The van der Waals surface area contributed by atoms with Gasteiger partial charge in [-0.2, -0.15) is 5.26 Å². The van der Waals surface area contributed by atoms with Crippen molar-refractivity contribution in [1.29, 1.82) is 5.26 Å². The third kappa shape index (κ3) is 8.05. The van der Waals surface area contributed by atoms with E-state index in [2.05, 4.69) is 61.5 Å². The van der Waals surface area contributed by atoms with Crippen LogP contribution in [0.15, 0.2) is 79.3 Å². The van der Waals surface area contributed by atoms with Gasteiger partial charge in [-0.05, 0) is 49.7 Å². The van der Waals surface area contributed by atoms with E-state index in [1.54, 1.807) is 17.6 Å². The normalized spacial score (nSPS) is 20.9. The van der Waals surface area contributed by atoms with Gasteiger partial charge in [0.15, 0.2) is 4.91 Å². The highest BCUT2D eigenvalue weighted by Crippen LogP contribution is 2.25. The number of nitrogens with one attached hydrogen (secondary N) is 2. The molecule has 2 atom stereocenters. The van der Waals surface area contributed by atoms with Gasteiger partial charge >= 0.3 is 0 Å². The quantitative estimate of drug-likeness (QED) is 0.382. The molecule has 0 saturated carbocycles. The summed E-state index contributed by atoms with van der Waals surface area (Å²) in [5.74, 6) is -0.717. The van der Waals surface area contributed by atoms with E-state index in [4.69, 9.17) is 4.98 Å². The van der Waals surface area contributed by atoms with E-state index in [0.717, 1.165) is 27.5 Å². The van der Waals surface area contributed by atoms with Crippen LogP contribution in [0.1, 0.15) is 38.4 Å². The van der Waals surface area contributed by atoms with Crippen molar-refractivity contribution in [3.63, 3.8) is 0 Å². The number of aromatic nitrogens is 2. The minimum Gasteiger partial charge on any atom is -0.388 e. The van der Waals surface area contributed by atoms with E-state index >= 15 is 0 Å². The van der Waals surface area contributed by atoms with Gasteiger partial charge in [-0.1, -0.05) is 22.9 Å². The molecule has 0 saturated heterocycles. The van der Waals surface area contributed by atoms with E-state index in [0.29, 0.717) is 29.8 Å². The molecule has 2 aromatic heterocycles. The maximum atomic E-state index is 13.6. The lowest BCUT2D eigenvalue weighted by atomic mass is 10.0. The Bertz CT molecular complexity index is 1680. The molecule has 3 heterocycles. The third-order valence-electron chi connectivity index (χ3n) is 7.03. The molecule has 14 heteroatoms. The van der Waals surface area contributed by atoms with Crippen molar-refractivity contribution >= 4 is 59.6 Å². The van der Waals surface area contributed by atoms with Gasteiger partial charge in [0, 0.05) is 61.7 Å². The fraction of sp³-hybridized carbons (Fsp3) is 0.345. The molecule has 0 radical (unpaired) electrons. The lowest BCUT2D eigenvalue weighted by Crippen LogP contribution is -2.40. The average molecular weight is 686 g/mol. The van der Waals surface area contributed by atoms with Gasteiger partial charge in [0.2, 0.25) is 9.84 Å².